The summed E-state index contributed by atoms with van der Waals surface area (Å²) in [5.74, 6) is 0.550. The molecular formula is C14H29N3O. The van der Waals surface area contributed by atoms with Crippen LogP contribution in [0.15, 0.2) is 0 Å². The van der Waals surface area contributed by atoms with Crippen LogP contribution in [0.3, 0.4) is 0 Å². The van der Waals surface area contributed by atoms with Crippen molar-refractivity contribution in [3.8, 4) is 0 Å². The number of amides is 1. The molecule has 0 saturated carbocycles. The number of carbonyl (C=O) groups excluding carboxylic acids is 1. The number of nitrogens with one attached hydrogen (secondary N) is 1. The molecule has 0 spiro atoms. The summed E-state index contributed by atoms with van der Waals surface area (Å²) in [6.45, 7) is 13.4. The molecule has 106 valence electrons. The standard InChI is InChI=1S/C14H29N3O/c1-10(2)17-7-6-11(9-17)8-16-13(18)12(15)14(3,4)5/h10-12H,6-9,15H2,1-5H3,(H,16,18). The number of nitrogens with zero attached hydrogens (tertiary/aromatic N) is 1. The van der Waals surface area contributed by atoms with E-state index in [-0.39, 0.29) is 11.3 Å². The first kappa shape index (κ1) is 15.4. The van der Waals surface area contributed by atoms with Crippen molar-refractivity contribution in [2.45, 2.75) is 53.1 Å². The second-order valence-corrected chi connectivity index (χ2v) is 6.83. The van der Waals surface area contributed by atoms with Crippen molar-refractivity contribution in [3.05, 3.63) is 0 Å². The van der Waals surface area contributed by atoms with E-state index in [4.69, 9.17) is 5.73 Å². The fraction of sp³-hybridized carbons (Fsp3) is 0.929. The third kappa shape index (κ3) is 4.25. The summed E-state index contributed by atoms with van der Waals surface area (Å²) >= 11 is 0. The van der Waals surface area contributed by atoms with Crippen molar-refractivity contribution < 1.29 is 4.79 Å². The van der Waals surface area contributed by atoms with Crippen LogP contribution in [-0.4, -0.2) is 42.5 Å². The Labute approximate surface area is 111 Å². The van der Waals surface area contributed by atoms with E-state index >= 15 is 0 Å². The van der Waals surface area contributed by atoms with Gasteiger partial charge in [-0.05, 0) is 38.1 Å². The van der Waals surface area contributed by atoms with Gasteiger partial charge >= 0.3 is 0 Å². The molecule has 0 aromatic heterocycles. The van der Waals surface area contributed by atoms with Gasteiger partial charge in [0.05, 0.1) is 6.04 Å². The van der Waals surface area contributed by atoms with E-state index < -0.39 is 6.04 Å². The largest absolute Gasteiger partial charge is 0.354 e. The molecule has 0 aliphatic carbocycles. The third-order valence-electron chi connectivity index (χ3n) is 3.83. The smallest absolute Gasteiger partial charge is 0.237 e. The quantitative estimate of drug-likeness (QED) is 0.794. The zero-order valence-corrected chi connectivity index (χ0v) is 12.5. The second kappa shape index (κ2) is 6.02. The molecule has 1 heterocycles. The lowest BCUT2D eigenvalue weighted by atomic mass is 9.87. The highest BCUT2D eigenvalue weighted by Gasteiger charge is 2.29. The highest BCUT2D eigenvalue weighted by Crippen LogP contribution is 2.19. The van der Waals surface area contributed by atoms with Crippen molar-refractivity contribution >= 4 is 5.91 Å². The number of rotatable bonds is 4. The third-order valence-corrected chi connectivity index (χ3v) is 3.83. The topological polar surface area (TPSA) is 58.4 Å². The maximum atomic E-state index is 11.9. The molecular weight excluding hydrogens is 226 g/mol. The van der Waals surface area contributed by atoms with Gasteiger partial charge in [0, 0.05) is 19.1 Å². The van der Waals surface area contributed by atoms with Gasteiger partial charge in [0.2, 0.25) is 5.91 Å². The number of hydrogen-bond acceptors (Lipinski definition) is 3. The first-order chi connectivity index (χ1) is 8.21. The van der Waals surface area contributed by atoms with Crippen LogP contribution in [0, 0.1) is 11.3 Å². The minimum atomic E-state index is -0.430. The van der Waals surface area contributed by atoms with Crippen LogP contribution in [0.5, 0.6) is 0 Å². The fourth-order valence-corrected chi connectivity index (χ4v) is 2.25. The van der Waals surface area contributed by atoms with Crippen molar-refractivity contribution in [3.63, 3.8) is 0 Å². The summed E-state index contributed by atoms with van der Waals surface area (Å²) < 4.78 is 0. The molecule has 4 heteroatoms. The molecule has 1 aliphatic heterocycles. The highest BCUT2D eigenvalue weighted by molar-refractivity contribution is 5.82. The summed E-state index contributed by atoms with van der Waals surface area (Å²) in [5.41, 5.74) is 5.76. The lowest BCUT2D eigenvalue weighted by Gasteiger charge is -2.26. The average molecular weight is 255 g/mol. The van der Waals surface area contributed by atoms with Crippen LogP contribution < -0.4 is 11.1 Å². The highest BCUT2D eigenvalue weighted by atomic mass is 16.2. The number of nitrogens with two attached hydrogens (primary N) is 1. The summed E-state index contributed by atoms with van der Waals surface area (Å²) in [5, 5.41) is 3.00. The summed E-state index contributed by atoms with van der Waals surface area (Å²) in [6, 6.07) is 0.169. The monoisotopic (exact) mass is 255 g/mol. The summed E-state index contributed by atoms with van der Waals surface area (Å²) in [7, 11) is 0. The molecule has 2 unspecified atom stereocenters. The Kier molecular flexibility index (Phi) is 5.17. The van der Waals surface area contributed by atoms with Gasteiger partial charge < -0.3 is 16.0 Å². The molecule has 1 aliphatic rings. The minimum Gasteiger partial charge on any atom is -0.354 e. The molecule has 0 bridgehead atoms. The van der Waals surface area contributed by atoms with Crippen LogP contribution in [0.2, 0.25) is 0 Å². The lowest BCUT2D eigenvalue weighted by Crippen LogP contribution is -2.49. The maximum Gasteiger partial charge on any atom is 0.237 e. The number of likely N-dealkylation sites (tertiary alicyclic amines) is 1. The normalized spacial score (nSPS) is 23.4. The maximum absolute atomic E-state index is 11.9. The molecule has 0 aromatic rings. The molecule has 0 aromatic carbocycles. The van der Waals surface area contributed by atoms with Crippen LogP contribution in [0.1, 0.15) is 41.0 Å². The lowest BCUT2D eigenvalue weighted by molar-refractivity contribution is -0.124. The minimum absolute atomic E-state index is 0.0227. The summed E-state index contributed by atoms with van der Waals surface area (Å²) in [4.78, 5) is 14.4. The van der Waals surface area contributed by atoms with Crippen molar-refractivity contribution in [1.82, 2.24) is 10.2 Å². The number of hydrogen-bond donors (Lipinski definition) is 2. The molecule has 0 radical (unpaired) electrons. The van der Waals surface area contributed by atoms with Gasteiger partial charge in [-0.25, -0.2) is 0 Å². The van der Waals surface area contributed by atoms with Gasteiger partial charge in [0.25, 0.3) is 0 Å². The Balaban J connectivity index is 2.32. The van der Waals surface area contributed by atoms with Crippen LogP contribution in [-0.2, 0) is 4.79 Å². The van der Waals surface area contributed by atoms with Crippen LogP contribution in [0.4, 0.5) is 0 Å². The van der Waals surface area contributed by atoms with Gasteiger partial charge in [0.1, 0.15) is 0 Å². The molecule has 1 saturated heterocycles. The Morgan fingerprint density at radius 3 is 2.50 bits per heavy atom. The predicted octanol–water partition coefficient (Wildman–Crippen LogP) is 1.21. The van der Waals surface area contributed by atoms with E-state index in [1.54, 1.807) is 0 Å². The Morgan fingerprint density at radius 2 is 2.06 bits per heavy atom. The molecule has 1 fully saturated rings. The fourth-order valence-electron chi connectivity index (χ4n) is 2.25. The molecule has 4 nitrogen and oxygen atoms in total. The molecule has 18 heavy (non-hydrogen) atoms. The first-order valence-electron chi connectivity index (χ1n) is 6.99. The van der Waals surface area contributed by atoms with E-state index in [1.165, 1.54) is 6.42 Å². The Bertz CT molecular complexity index is 283. The van der Waals surface area contributed by atoms with Gasteiger partial charge in [-0.1, -0.05) is 20.8 Å². The molecule has 3 N–H and O–H groups in total. The van der Waals surface area contributed by atoms with Crippen molar-refractivity contribution in [2.24, 2.45) is 17.1 Å². The number of carbonyl (C=O) groups is 1. The van der Waals surface area contributed by atoms with Crippen LogP contribution >= 0.6 is 0 Å². The Morgan fingerprint density at radius 1 is 1.44 bits per heavy atom. The summed E-state index contributed by atoms with van der Waals surface area (Å²) in [6.07, 6.45) is 1.17. The van der Waals surface area contributed by atoms with Crippen LogP contribution in [0.25, 0.3) is 0 Å². The van der Waals surface area contributed by atoms with E-state index in [0.717, 1.165) is 19.6 Å². The van der Waals surface area contributed by atoms with E-state index in [2.05, 4.69) is 24.1 Å². The second-order valence-electron chi connectivity index (χ2n) is 6.83. The molecule has 2 atom stereocenters. The molecule has 1 amide bonds. The molecule has 1 rings (SSSR count). The predicted molar refractivity (Wildman–Crippen MR) is 75.3 cm³/mol. The first-order valence-corrected chi connectivity index (χ1v) is 6.99. The Hall–Kier alpha value is -0.610. The van der Waals surface area contributed by atoms with E-state index in [9.17, 15) is 4.79 Å². The van der Waals surface area contributed by atoms with E-state index in [1.807, 2.05) is 20.8 Å². The van der Waals surface area contributed by atoms with Gasteiger partial charge in [0.15, 0.2) is 0 Å². The average Bonchev–Trinajstić information content (AvgIpc) is 2.72. The SMILES string of the molecule is CC(C)N1CCC(CNC(=O)C(N)C(C)(C)C)C1. The zero-order chi connectivity index (χ0) is 13.9. The van der Waals surface area contributed by atoms with Gasteiger partial charge in [-0.3, -0.25) is 4.79 Å². The van der Waals surface area contributed by atoms with Gasteiger partial charge in [-0.2, -0.15) is 0 Å². The van der Waals surface area contributed by atoms with Gasteiger partial charge in [-0.15, -0.1) is 0 Å². The zero-order valence-electron chi connectivity index (χ0n) is 12.5. The van der Waals surface area contributed by atoms with Crippen molar-refractivity contribution in [1.29, 1.82) is 0 Å². The van der Waals surface area contributed by atoms with E-state index in [0.29, 0.717) is 12.0 Å². The van der Waals surface area contributed by atoms with Crippen molar-refractivity contribution in [2.75, 3.05) is 19.6 Å².